The maximum Gasteiger partial charge on any atom is 0.237 e. The van der Waals surface area contributed by atoms with E-state index in [1.807, 2.05) is 0 Å². The molecule has 2 N–H and O–H groups in total. The van der Waals surface area contributed by atoms with Crippen molar-refractivity contribution in [2.45, 2.75) is 6.42 Å². The lowest BCUT2D eigenvalue weighted by atomic mass is 10.1. The van der Waals surface area contributed by atoms with Gasteiger partial charge in [0.1, 0.15) is 5.75 Å². The van der Waals surface area contributed by atoms with Crippen LogP contribution in [0.25, 0.3) is 0 Å². The first kappa shape index (κ1) is 12.7. The fourth-order valence-electron chi connectivity index (χ4n) is 2.51. The number of hydrogen-bond acceptors (Lipinski definition) is 4. The maximum absolute atomic E-state index is 12.1. The number of carbonyl (C=O) groups excluding carboxylic acids is 2. The summed E-state index contributed by atoms with van der Waals surface area (Å²) in [5.41, 5.74) is 6.52. The van der Waals surface area contributed by atoms with Gasteiger partial charge in [-0.25, -0.2) is 4.90 Å². The summed E-state index contributed by atoms with van der Waals surface area (Å²) >= 11 is 0. The standard InChI is InChI=1S/C15H14N2O3/c1-20-13-5-4-9(3-2-6-16)7-12(13)17-14(18)10-8-11(10)15(17)19/h4-5,7,10-11H,6,8,16H2,1H3. The number of fused-ring (bicyclic) bond motifs is 1. The number of amides is 2. The molecule has 20 heavy (non-hydrogen) atoms. The highest BCUT2D eigenvalue weighted by atomic mass is 16.5. The van der Waals surface area contributed by atoms with E-state index in [1.54, 1.807) is 18.2 Å². The molecular weight excluding hydrogens is 256 g/mol. The van der Waals surface area contributed by atoms with Crippen LogP contribution >= 0.6 is 0 Å². The third-order valence-electron chi connectivity index (χ3n) is 3.62. The predicted molar refractivity (Wildman–Crippen MR) is 73.0 cm³/mol. The van der Waals surface area contributed by atoms with Gasteiger partial charge in [-0.1, -0.05) is 11.8 Å². The van der Waals surface area contributed by atoms with Crippen LogP contribution in [0.3, 0.4) is 0 Å². The highest BCUT2D eigenvalue weighted by molar-refractivity contribution is 6.25. The van der Waals surface area contributed by atoms with Gasteiger partial charge in [-0.3, -0.25) is 9.59 Å². The highest BCUT2D eigenvalue weighted by Crippen LogP contribution is 2.49. The van der Waals surface area contributed by atoms with E-state index in [4.69, 9.17) is 10.5 Å². The van der Waals surface area contributed by atoms with Gasteiger partial charge in [-0.15, -0.1) is 0 Å². The Morgan fingerprint density at radius 2 is 2.05 bits per heavy atom. The van der Waals surface area contributed by atoms with Crippen molar-refractivity contribution in [3.8, 4) is 17.6 Å². The zero-order valence-corrected chi connectivity index (χ0v) is 11.1. The molecule has 102 valence electrons. The minimum atomic E-state index is -0.137. The molecule has 5 heteroatoms. The van der Waals surface area contributed by atoms with E-state index in [0.717, 1.165) is 0 Å². The van der Waals surface area contributed by atoms with Crippen molar-refractivity contribution in [2.24, 2.45) is 17.6 Å². The second-order valence-corrected chi connectivity index (χ2v) is 4.85. The van der Waals surface area contributed by atoms with E-state index >= 15 is 0 Å². The van der Waals surface area contributed by atoms with Gasteiger partial charge >= 0.3 is 0 Å². The number of anilines is 1. The highest BCUT2D eigenvalue weighted by Gasteiger charge is 2.59. The Kier molecular flexibility index (Phi) is 2.96. The molecule has 2 unspecified atom stereocenters. The molecule has 2 amide bonds. The Balaban J connectivity index is 2.02. The minimum Gasteiger partial charge on any atom is -0.495 e. The van der Waals surface area contributed by atoms with Crippen molar-refractivity contribution in [2.75, 3.05) is 18.6 Å². The van der Waals surface area contributed by atoms with E-state index < -0.39 is 0 Å². The lowest BCUT2D eigenvalue weighted by molar-refractivity contribution is -0.123. The van der Waals surface area contributed by atoms with Gasteiger partial charge in [0.15, 0.2) is 0 Å². The molecule has 1 aliphatic heterocycles. The van der Waals surface area contributed by atoms with Crippen LogP contribution in [0.15, 0.2) is 18.2 Å². The average Bonchev–Trinajstić information content (AvgIpc) is 3.21. The fourth-order valence-corrected chi connectivity index (χ4v) is 2.51. The van der Waals surface area contributed by atoms with Gasteiger partial charge in [0.2, 0.25) is 11.8 Å². The Morgan fingerprint density at radius 3 is 2.65 bits per heavy atom. The van der Waals surface area contributed by atoms with Gasteiger partial charge in [0.25, 0.3) is 0 Å². The third-order valence-corrected chi connectivity index (χ3v) is 3.62. The van der Waals surface area contributed by atoms with E-state index in [0.29, 0.717) is 23.4 Å². The molecule has 0 spiro atoms. The molecule has 0 bridgehead atoms. The van der Waals surface area contributed by atoms with Crippen molar-refractivity contribution in [3.05, 3.63) is 23.8 Å². The lowest BCUT2D eigenvalue weighted by Crippen LogP contribution is -2.33. The van der Waals surface area contributed by atoms with E-state index in [9.17, 15) is 9.59 Å². The number of ether oxygens (including phenoxy) is 1. The summed E-state index contributed by atoms with van der Waals surface area (Å²) in [6.45, 7) is 0.257. The third kappa shape index (κ3) is 1.86. The second kappa shape index (κ2) is 4.66. The molecule has 3 rings (SSSR count). The average molecular weight is 270 g/mol. The van der Waals surface area contributed by atoms with Crippen molar-refractivity contribution in [1.29, 1.82) is 0 Å². The second-order valence-electron chi connectivity index (χ2n) is 4.85. The summed E-state index contributed by atoms with van der Waals surface area (Å²) in [5.74, 6) is 5.59. The van der Waals surface area contributed by atoms with E-state index in [-0.39, 0.29) is 30.2 Å². The van der Waals surface area contributed by atoms with E-state index in [2.05, 4.69) is 11.8 Å². The van der Waals surface area contributed by atoms with Gasteiger partial charge in [-0.2, -0.15) is 0 Å². The van der Waals surface area contributed by atoms with Crippen LogP contribution < -0.4 is 15.4 Å². The van der Waals surface area contributed by atoms with Gasteiger partial charge < -0.3 is 10.5 Å². The summed E-state index contributed by atoms with van der Waals surface area (Å²) in [6, 6.07) is 5.18. The molecule has 2 aliphatic rings. The smallest absolute Gasteiger partial charge is 0.237 e. The number of nitrogens with zero attached hydrogens (tertiary/aromatic N) is 1. The number of imide groups is 1. The first-order chi connectivity index (χ1) is 9.67. The first-order valence-corrected chi connectivity index (χ1v) is 6.42. The Labute approximate surface area is 116 Å². The Morgan fingerprint density at radius 1 is 1.35 bits per heavy atom. The number of piperidine rings is 1. The number of hydrogen-bond donors (Lipinski definition) is 1. The van der Waals surface area contributed by atoms with Crippen LogP contribution in [-0.2, 0) is 9.59 Å². The number of carbonyl (C=O) groups is 2. The summed E-state index contributed by atoms with van der Waals surface area (Å²) in [6.07, 6.45) is 0.684. The van der Waals surface area contributed by atoms with Crippen LogP contribution in [-0.4, -0.2) is 25.5 Å². The summed E-state index contributed by atoms with van der Waals surface area (Å²) in [7, 11) is 1.51. The molecule has 1 aliphatic carbocycles. The minimum absolute atomic E-state index is 0.133. The first-order valence-electron chi connectivity index (χ1n) is 6.42. The normalized spacial score (nSPS) is 23.2. The monoisotopic (exact) mass is 270 g/mol. The lowest BCUT2D eigenvalue weighted by Gasteiger charge is -2.19. The van der Waals surface area contributed by atoms with Crippen LogP contribution in [0, 0.1) is 23.7 Å². The maximum atomic E-state index is 12.1. The summed E-state index contributed by atoms with van der Waals surface area (Å²) in [5, 5.41) is 0. The molecule has 5 nitrogen and oxygen atoms in total. The number of nitrogens with two attached hydrogens (primary N) is 1. The van der Waals surface area contributed by atoms with Crippen molar-refractivity contribution < 1.29 is 14.3 Å². The summed E-state index contributed by atoms with van der Waals surface area (Å²) in [4.78, 5) is 25.5. The van der Waals surface area contributed by atoms with E-state index in [1.165, 1.54) is 12.0 Å². The Hall–Kier alpha value is -2.32. The van der Waals surface area contributed by atoms with Crippen molar-refractivity contribution >= 4 is 17.5 Å². The molecule has 0 aromatic heterocycles. The van der Waals surface area contributed by atoms with Crippen molar-refractivity contribution in [1.82, 2.24) is 0 Å². The summed E-state index contributed by atoms with van der Waals surface area (Å²) < 4.78 is 5.24. The zero-order chi connectivity index (χ0) is 14.3. The molecule has 1 heterocycles. The molecule has 1 saturated carbocycles. The topological polar surface area (TPSA) is 72.6 Å². The van der Waals surface area contributed by atoms with Crippen LogP contribution in [0.4, 0.5) is 5.69 Å². The largest absolute Gasteiger partial charge is 0.495 e. The van der Waals surface area contributed by atoms with Gasteiger partial charge in [0, 0.05) is 5.56 Å². The molecule has 1 aromatic carbocycles. The molecule has 1 saturated heterocycles. The van der Waals surface area contributed by atoms with Crippen molar-refractivity contribution in [3.63, 3.8) is 0 Å². The van der Waals surface area contributed by atoms with Gasteiger partial charge in [-0.05, 0) is 24.6 Å². The predicted octanol–water partition coefficient (Wildman–Crippen LogP) is 0.515. The number of benzene rings is 1. The molecule has 2 atom stereocenters. The molecular formula is C15H14N2O3. The molecule has 1 aromatic rings. The number of methoxy groups -OCH3 is 1. The molecule has 0 radical (unpaired) electrons. The number of rotatable bonds is 2. The molecule has 2 fully saturated rings. The van der Waals surface area contributed by atoms with Crippen LogP contribution in [0.5, 0.6) is 5.75 Å². The van der Waals surface area contributed by atoms with Crippen LogP contribution in [0.2, 0.25) is 0 Å². The fraction of sp³-hybridized carbons (Fsp3) is 0.333. The zero-order valence-electron chi connectivity index (χ0n) is 11.1. The SMILES string of the molecule is COc1ccc(C#CCN)cc1N1C(=O)C2CC2C1=O. The quantitative estimate of drug-likeness (QED) is 0.628. The Bertz CT molecular complexity index is 637. The van der Waals surface area contributed by atoms with Gasteiger partial charge in [0.05, 0.1) is 31.2 Å². The van der Waals surface area contributed by atoms with Crippen LogP contribution in [0.1, 0.15) is 12.0 Å².